The van der Waals surface area contributed by atoms with Crippen molar-refractivity contribution in [2.75, 3.05) is 23.9 Å². The second-order valence-corrected chi connectivity index (χ2v) is 6.99. The molecule has 2 rings (SSSR count). The van der Waals surface area contributed by atoms with Gasteiger partial charge in [0.25, 0.3) is 0 Å². The number of methoxy groups -OCH3 is 1. The number of carbonyl (C=O) groups is 1. The van der Waals surface area contributed by atoms with Crippen molar-refractivity contribution in [3.8, 4) is 0 Å². The van der Waals surface area contributed by atoms with E-state index in [1.54, 1.807) is 18.2 Å². The zero-order chi connectivity index (χ0) is 14.0. The van der Waals surface area contributed by atoms with Crippen molar-refractivity contribution >= 4 is 21.5 Å². The average molecular weight is 283 g/mol. The first-order valence-corrected chi connectivity index (χ1v) is 7.89. The molecule has 0 amide bonds. The third-order valence-electron chi connectivity index (χ3n) is 3.24. The summed E-state index contributed by atoms with van der Waals surface area (Å²) >= 11 is 0. The van der Waals surface area contributed by atoms with Crippen molar-refractivity contribution < 1.29 is 17.9 Å². The van der Waals surface area contributed by atoms with Crippen molar-refractivity contribution in [3.63, 3.8) is 0 Å². The lowest BCUT2D eigenvalue weighted by molar-refractivity contribution is 0.0600. The Kier molecular flexibility index (Phi) is 3.80. The maximum Gasteiger partial charge on any atom is 0.337 e. The molecular weight excluding hydrogens is 266 g/mol. The largest absolute Gasteiger partial charge is 0.465 e. The van der Waals surface area contributed by atoms with Gasteiger partial charge in [0.15, 0.2) is 9.84 Å². The summed E-state index contributed by atoms with van der Waals surface area (Å²) in [6.07, 6.45) is 0.626. The number of anilines is 1. The Morgan fingerprint density at radius 1 is 1.42 bits per heavy atom. The van der Waals surface area contributed by atoms with Crippen LogP contribution in [0.15, 0.2) is 18.2 Å². The first-order valence-electron chi connectivity index (χ1n) is 6.07. The summed E-state index contributed by atoms with van der Waals surface area (Å²) in [5.41, 5.74) is 2.24. The minimum Gasteiger partial charge on any atom is -0.465 e. The molecule has 1 aliphatic heterocycles. The molecule has 0 aromatic heterocycles. The van der Waals surface area contributed by atoms with Crippen molar-refractivity contribution in [2.45, 2.75) is 19.4 Å². The van der Waals surface area contributed by atoms with Crippen molar-refractivity contribution in [2.24, 2.45) is 0 Å². The molecule has 5 nitrogen and oxygen atoms in total. The van der Waals surface area contributed by atoms with Crippen LogP contribution in [0.3, 0.4) is 0 Å². The molecule has 6 heteroatoms. The van der Waals surface area contributed by atoms with E-state index >= 15 is 0 Å². The van der Waals surface area contributed by atoms with Crippen molar-refractivity contribution in [1.29, 1.82) is 0 Å². The van der Waals surface area contributed by atoms with E-state index in [1.807, 2.05) is 6.92 Å². The first kappa shape index (κ1) is 13.9. The van der Waals surface area contributed by atoms with Gasteiger partial charge >= 0.3 is 5.97 Å². The minimum absolute atomic E-state index is 0.0484. The number of hydrogen-bond donors (Lipinski definition) is 1. The Bertz CT molecular complexity index is 595. The number of sulfone groups is 1. The monoisotopic (exact) mass is 283 g/mol. The minimum atomic E-state index is -2.89. The number of rotatable bonds is 3. The molecule has 104 valence electrons. The second kappa shape index (κ2) is 5.21. The van der Waals surface area contributed by atoms with Gasteiger partial charge in [-0.3, -0.25) is 0 Å². The van der Waals surface area contributed by atoms with Crippen LogP contribution in [-0.2, 0) is 14.6 Å². The van der Waals surface area contributed by atoms with E-state index in [1.165, 1.54) is 7.11 Å². The number of carbonyl (C=O) groups excluding carboxylic acids is 1. The third kappa shape index (κ3) is 3.26. The molecule has 1 fully saturated rings. The highest BCUT2D eigenvalue weighted by Gasteiger charge is 2.27. The van der Waals surface area contributed by atoms with Crippen LogP contribution in [0.25, 0.3) is 0 Å². The number of esters is 1. The van der Waals surface area contributed by atoms with Gasteiger partial charge in [0.1, 0.15) is 0 Å². The van der Waals surface area contributed by atoms with Crippen molar-refractivity contribution in [1.82, 2.24) is 0 Å². The van der Waals surface area contributed by atoms with Gasteiger partial charge in [0, 0.05) is 11.7 Å². The lowest BCUT2D eigenvalue weighted by Gasteiger charge is -2.15. The lowest BCUT2D eigenvalue weighted by Crippen LogP contribution is -2.21. The Morgan fingerprint density at radius 3 is 2.68 bits per heavy atom. The first-order chi connectivity index (χ1) is 8.91. The molecule has 1 aromatic carbocycles. The van der Waals surface area contributed by atoms with Gasteiger partial charge in [-0.1, -0.05) is 0 Å². The van der Waals surface area contributed by atoms with E-state index in [0.29, 0.717) is 12.0 Å². The molecule has 1 heterocycles. The number of ether oxygens (including phenoxy) is 1. The molecule has 0 bridgehead atoms. The summed E-state index contributed by atoms with van der Waals surface area (Å²) in [6, 6.07) is 5.14. The van der Waals surface area contributed by atoms with Gasteiger partial charge in [0.2, 0.25) is 0 Å². The Balaban J connectivity index is 2.12. The maximum atomic E-state index is 11.4. The fourth-order valence-corrected chi connectivity index (χ4v) is 3.87. The van der Waals surface area contributed by atoms with E-state index in [4.69, 9.17) is 0 Å². The zero-order valence-electron chi connectivity index (χ0n) is 11.0. The molecule has 1 aromatic rings. The van der Waals surface area contributed by atoms with E-state index in [0.717, 1.165) is 11.3 Å². The van der Waals surface area contributed by atoms with E-state index in [9.17, 15) is 13.2 Å². The van der Waals surface area contributed by atoms with Gasteiger partial charge in [-0.25, -0.2) is 13.2 Å². The van der Waals surface area contributed by atoms with Crippen LogP contribution >= 0.6 is 0 Å². The Hall–Kier alpha value is -1.56. The normalized spacial score (nSPS) is 21.1. The molecule has 1 N–H and O–H groups in total. The van der Waals surface area contributed by atoms with Gasteiger partial charge in [-0.15, -0.1) is 0 Å². The van der Waals surface area contributed by atoms with Gasteiger partial charge in [0.05, 0.1) is 24.2 Å². The van der Waals surface area contributed by atoms with E-state index in [-0.39, 0.29) is 23.5 Å². The topological polar surface area (TPSA) is 72.5 Å². The Labute approximate surface area is 112 Å². The standard InChI is InChI=1S/C13H17NO4S/c1-9-7-10(13(15)18-2)3-4-12(9)14-11-5-6-19(16,17)8-11/h3-4,7,11,14H,5-6,8H2,1-2H3. The summed E-state index contributed by atoms with van der Waals surface area (Å²) in [7, 11) is -1.55. The highest BCUT2D eigenvalue weighted by atomic mass is 32.2. The highest BCUT2D eigenvalue weighted by Crippen LogP contribution is 2.21. The molecule has 1 atom stereocenters. The second-order valence-electron chi connectivity index (χ2n) is 4.77. The zero-order valence-corrected chi connectivity index (χ0v) is 11.8. The molecule has 1 unspecified atom stereocenters. The molecule has 0 radical (unpaired) electrons. The van der Waals surface area contributed by atoms with Gasteiger partial charge in [-0.2, -0.15) is 0 Å². The summed E-state index contributed by atoms with van der Waals surface area (Å²) in [6.45, 7) is 1.87. The molecule has 1 saturated heterocycles. The van der Waals surface area contributed by atoms with Crippen LogP contribution in [0.1, 0.15) is 22.3 Å². The average Bonchev–Trinajstić information content (AvgIpc) is 2.70. The van der Waals surface area contributed by atoms with E-state index in [2.05, 4.69) is 10.1 Å². The van der Waals surface area contributed by atoms with Crippen LogP contribution < -0.4 is 5.32 Å². The van der Waals surface area contributed by atoms with Crippen molar-refractivity contribution in [3.05, 3.63) is 29.3 Å². The molecular formula is C13H17NO4S. The van der Waals surface area contributed by atoms with Crippen LogP contribution in [0, 0.1) is 6.92 Å². The molecule has 19 heavy (non-hydrogen) atoms. The van der Waals surface area contributed by atoms with Crippen LogP contribution in [0.2, 0.25) is 0 Å². The van der Waals surface area contributed by atoms with Crippen LogP contribution in [-0.4, -0.2) is 39.0 Å². The molecule has 0 aliphatic carbocycles. The summed E-state index contributed by atoms with van der Waals surface area (Å²) in [5.74, 6) is 0.0351. The predicted octanol–water partition coefficient (Wildman–Crippen LogP) is 1.38. The molecule has 1 aliphatic rings. The maximum absolute atomic E-state index is 11.4. The lowest BCUT2D eigenvalue weighted by atomic mass is 10.1. The number of benzene rings is 1. The van der Waals surface area contributed by atoms with Crippen LogP contribution in [0.4, 0.5) is 5.69 Å². The highest BCUT2D eigenvalue weighted by molar-refractivity contribution is 7.91. The van der Waals surface area contributed by atoms with Gasteiger partial charge < -0.3 is 10.1 Å². The summed E-state index contributed by atoms with van der Waals surface area (Å²) < 4.78 is 27.4. The third-order valence-corrected chi connectivity index (χ3v) is 5.01. The fraction of sp³-hybridized carbons (Fsp3) is 0.462. The number of nitrogens with one attached hydrogen (secondary N) is 1. The summed E-state index contributed by atoms with van der Waals surface area (Å²) in [5, 5.41) is 3.22. The number of aryl methyl sites for hydroxylation is 1. The fourth-order valence-electron chi connectivity index (χ4n) is 2.20. The summed E-state index contributed by atoms with van der Waals surface area (Å²) in [4.78, 5) is 11.4. The number of hydrogen-bond acceptors (Lipinski definition) is 5. The Morgan fingerprint density at radius 2 is 2.16 bits per heavy atom. The van der Waals surface area contributed by atoms with Gasteiger partial charge in [-0.05, 0) is 37.1 Å². The molecule has 0 saturated carbocycles. The molecule has 0 spiro atoms. The quantitative estimate of drug-likeness (QED) is 0.848. The van der Waals surface area contributed by atoms with Crippen LogP contribution in [0.5, 0.6) is 0 Å². The SMILES string of the molecule is COC(=O)c1ccc(NC2CCS(=O)(=O)C2)c(C)c1. The van der Waals surface area contributed by atoms with E-state index < -0.39 is 9.84 Å². The smallest absolute Gasteiger partial charge is 0.337 e. The predicted molar refractivity (Wildman–Crippen MR) is 73.2 cm³/mol.